The Kier molecular flexibility index (Phi) is 8.25. The number of methoxy groups -OCH3 is 1. The Morgan fingerprint density at radius 2 is 1.67 bits per heavy atom. The van der Waals surface area contributed by atoms with E-state index in [1.165, 1.54) is 6.42 Å². The van der Waals surface area contributed by atoms with Gasteiger partial charge in [0.25, 0.3) is 5.91 Å². The number of para-hydroxylation sites is 2. The van der Waals surface area contributed by atoms with Crippen molar-refractivity contribution in [2.45, 2.75) is 64.2 Å². The average molecular weight is 525 g/mol. The highest BCUT2D eigenvalue weighted by Crippen LogP contribution is 2.26. The molecule has 7 heteroatoms. The Morgan fingerprint density at radius 3 is 2.38 bits per heavy atom. The molecule has 5 rings (SSSR count). The molecule has 0 spiro atoms. The first-order chi connectivity index (χ1) is 19.0. The lowest BCUT2D eigenvalue weighted by molar-refractivity contribution is -0.135. The van der Waals surface area contributed by atoms with Gasteiger partial charge < -0.3 is 19.5 Å². The van der Waals surface area contributed by atoms with E-state index in [4.69, 9.17) is 9.72 Å². The van der Waals surface area contributed by atoms with Crippen LogP contribution in [0.1, 0.15) is 66.8 Å². The second-order valence-electron chi connectivity index (χ2n) is 10.3. The fourth-order valence-electron chi connectivity index (χ4n) is 5.50. The maximum Gasteiger partial charge on any atom is 0.251 e. The van der Waals surface area contributed by atoms with Crippen LogP contribution in [0, 0.1) is 0 Å². The van der Waals surface area contributed by atoms with Gasteiger partial charge in [-0.05, 0) is 61.7 Å². The van der Waals surface area contributed by atoms with E-state index in [0.29, 0.717) is 23.7 Å². The van der Waals surface area contributed by atoms with Crippen molar-refractivity contribution in [1.29, 1.82) is 0 Å². The lowest BCUT2D eigenvalue weighted by Crippen LogP contribution is -2.43. The van der Waals surface area contributed by atoms with Crippen LogP contribution in [-0.2, 0) is 17.9 Å². The van der Waals surface area contributed by atoms with E-state index < -0.39 is 6.04 Å². The second kappa shape index (κ2) is 12.2. The normalized spacial score (nSPS) is 14.6. The number of hydrogen-bond donors (Lipinski definition) is 1. The standard InChI is InChI=1S/C32H36N4O3/c1-23(33-32(38)25-17-19-27(39-2)20-18-25)31-34-28-15-9-10-16-29(28)36(31)22-30(37)35(26-13-7-4-8-14-26)21-24-11-5-3-6-12-24/h3,5-6,9-12,15-20,23,26H,4,7-8,13-14,21-22H2,1-2H3,(H,33,38). The fourth-order valence-corrected chi connectivity index (χ4v) is 5.50. The Hall–Kier alpha value is -4.13. The molecule has 3 aromatic carbocycles. The summed E-state index contributed by atoms with van der Waals surface area (Å²) in [5.74, 6) is 1.22. The average Bonchev–Trinajstić information content (AvgIpc) is 3.35. The summed E-state index contributed by atoms with van der Waals surface area (Å²) in [5, 5.41) is 3.07. The van der Waals surface area contributed by atoms with E-state index in [1.807, 2.05) is 54.0 Å². The summed E-state index contributed by atoms with van der Waals surface area (Å²) in [6.07, 6.45) is 5.59. The summed E-state index contributed by atoms with van der Waals surface area (Å²) in [6, 6.07) is 24.9. The van der Waals surface area contributed by atoms with Crippen LogP contribution in [0.3, 0.4) is 0 Å². The molecule has 7 nitrogen and oxygen atoms in total. The molecular formula is C32H36N4O3. The number of amides is 2. The predicted molar refractivity (Wildman–Crippen MR) is 152 cm³/mol. The van der Waals surface area contributed by atoms with Gasteiger partial charge in [0, 0.05) is 18.2 Å². The van der Waals surface area contributed by atoms with Crippen molar-refractivity contribution in [1.82, 2.24) is 19.8 Å². The fraction of sp³-hybridized carbons (Fsp3) is 0.344. The van der Waals surface area contributed by atoms with Crippen LogP contribution >= 0.6 is 0 Å². The molecule has 4 aromatic rings. The van der Waals surface area contributed by atoms with Gasteiger partial charge >= 0.3 is 0 Å². The number of rotatable bonds is 9. The van der Waals surface area contributed by atoms with Crippen molar-refractivity contribution >= 4 is 22.8 Å². The van der Waals surface area contributed by atoms with Crippen molar-refractivity contribution in [2.24, 2.45) is 0 Å². The number of carbonyl (C=O) groups excluding carboxylic acids is 2. The zero-order valence-electron chi connectivity index (χ0n) is 22.7. The van der Waals surface area contributed by atoms with E-state index in [-0.39, 0.29) is 24.4 Å². The molecule has 1 aliphatic rings. The minimum Gasteiger partial charge on any atom is -0.497 e. The van der Waals surface area contributed by atoms with Crippen molar-refractivity contribution < 1.29 is 14.3 Å². The third-order valence-corrected chi connectivity index (χ3v) is 7.60. The smallest absolute Gasteiger partial charge is 0.251 e. The SMILES string of the molecule is COc1ccc(C(=O)NC(C)c2nc3ccccc3n2CC(=O)N(Cc2ccccc2)C2CCCCC2)cc1. The highest BCUT2D eigenvalue weighted by Gasteiger charge is 2.28. The molecule has 202 valence electrons. The highest BCUT2D eigenvalue weighted by atomic mass is 16.5. The predicted octanol–water partition coefficient (Wildman–Crippen LogP) is 5.90. The van der Waals surface area contributed by atoms with Crippen LogP contribution in [0.2, 0.25) is 0 Å². The van der Waals surface area contributed by atoms with Crippen molar-refractivity contribution in [2.75, 3.05) is 7.11 Å². The zero-order valence-corrected chi connectivity index (χ0v) is 22.7. The molecular weight excluding hydrogens is 488 g/mol. The highest BCUT2D eigenvalue weighted by molar-refractivity contribution is 5.94. The Labute approximate surface area is 229 Å². The monoisotopic (exact) mass is 524 g/mol. The summed E-state index contributed by atoms with van der Waals surface area (Å²) in [7, 11) is 1.60. The van der Waals surface area contributed by atoms with Crippen LogP contribution in [0.5, 0.6) is 5.75 Å². The lowest BCUT2D eigenvalue weighted by Gasteiger charge is -2.35. The van der Waals surface area contributed by atoms with Crippen LogP contribution in [0.15, 0.2) is 78.9 Å². The van der Waals surface area contributed by atoms with Gasteiger partial charge in [-0.15, -0.1) is 0 Å². The van der Waals surface area contributed by atoms with E-state index in [9.17, 15) is 9.59 Å². The van der Waals surface area contributed by atoms with Crippen LogP contribution in [0.4, 0.5) is 0 Å². The van der Waals surface area contributed by atoms with Crippen LogP contribution in [-0.4, -0.2) is 39.4 Å². The summed E-state index contributed by atoms with van der Waals surface area (Å²) < 4.78 is 7.17. The summed E-state index contributed by atoms with van der Waals surface area (Å²) in [6.45, 7) is 2.67. The summed E-state index contributed by atoms with van der Waals surface area (Å²) in [5.41, 5.74) is 3.35. The minimum absolute atomic E-state index is 0.0730. The topological polar surface area (TPSA) is 76.5 Å². The largest absolute Gasteiger partial charge is 0.497 e. The summed E-state index contributed by atoms with van der Waals surface area (Å²) >= 11 is 0. The van der Waals surface area contributed by atoms with Crippen molar-refractivity contribution in [3.63, 3.8) is 0 Å². The van der Waals surface area contributed by atoms with Crippen LogP contribution < -0.4 is 10.1 Å². The third kappa shape index (κ3) is 6.14. The van der Waals surface area contributed by atoms with Gasteiger partial charge in [0.1, 0.15) is 18.1 Å². The molecule has 2 amide bonds. The van der Waals surface area contributed by atoms with Gasteiger partial charge in [-0.1, -0.05) is 61.7 Å². The molecule has 0 radical (unpaired) electrons. The molecule has 0 saturated heterocycles. The minimum atomic E-state index is -0.406. The zero-order chi connectivity index (χ0) is 27.2. The van der Waals surface area contributed by atoms with Gasteiger partial charge in [0.15, 0.2) is 0 Å². The van der Waals surface area contributed by atoms with E-state index in [0.717, 1.165) is 42.3 Å². The van der Waals surface area contributed by atoms with Gasteiger partial charge in [0.05, 0.1) is 24.2 Å². The van der Waals surface area contributed by atoms with Gasteiger partial charge in [-0.3, -0.25) is 9.59 Å². The van der Waals surface area contributed by atoms with E-state index >= 15 is 0 Å². The number of imidazole rings is 1. The Balaban J connectivity index is 1.41. The van der Waals surface area contributed by atoms with Crippen molar-refractivity contribution in [3.8, 4) is 5.75 Å². The molecule has 39 heavy (non-hydrogen) atoms. The number of ether oxygens (including phenoxy) is 1. The molecule has 1 saturated carbocycles. The maximum atomic E-state index is 14.0. The lowest BCUT2D eigenvalue weighted by atomic mass is 9.93. The number of carbonyl (C=O) groups is 2. The van der Waals surface area contributed by atoms with Gasteiger partial charge in [-0.2, -0.15) is 0 Å². The third-order valence-electron chi connectivity index (χ3n) is 7.60. The molecule has 1 unspecified atom stereocenters. The number of aromatic nitrogens is 2. The molecule has 0 bridgehead atoms. The number of nitrogens with one attached hydrogen (secondary N) is 1. The first-order valence-electron chi connectivity index (χ1n) is 13.8. The number of hydrogen-bond acceptors (Lipinski definition) is 4. The Morgan fingerprint density at radius 1 is 0.974 bits per heavy atom. The molecule has 1 fully saturated rings. The first kappa shape index (κ1) is 26.5. The molecule has 1 heterocycles. The first-order valence-corrected chi connectivity index (χ1v) is 13.8. The molecule has 1 aliphatic carbocycles. The van der Waals surface area contributed by atoms with E-state index in [2.05, 4.69) is 22.3 Å². The van der Waals surface area contributed by atoms with Gasteiger partial charge in [0.2, 0.25) is 5.91 Å². The van der Waals surface area contributed by atoms with Crippen LogP contribution in [0.25, 0.3) is 11.0 Å². The quantitative estimate of drug-likeness (QED) is 0.296. The molecule has 0 aliphatic heterocycles. The number of benzene rings is 3. The molecule has 1 atom stereocenters. The number of nitrogens with zero attached hydrogens (tertiary/aromatic N) is 3. The van der Waals surface area contributed by atoms with Crippen molar-refractivity contribution in [3.05, 3.63) is 95.8 Å². The summed E-state index contributed by atoms with van der Waals surface area (Å²) in [4.78, 5) is 34.0. The van der Waals surface area contributed by atoms with Gasteiger partial charge in [-0.25, -0.2) is 4.98 Å². The van der Waals surface area contributed by atoms with E-state index in [1.54, 1.807) is 31.4 Å². The Bertz CT molecular complexity index is 1410. The second-order valence-corrected chi connectivity index (χ2v) is 10.3. The number of fused-ring (bicyclic) bond motifs is 1. The molecule has 1 N–H and O–H groups in total. The molecule has 1 aromatic heterocycles. The maximum absolute atomic E-state index is 14.0.